The van der Waals surface area contributed by atoms with Crippen LogP contribution >= 0.6 is 7.82 Å². The quantitative estimate of drug-likeness (QED) is 0.305. The van der Waals surface area contributed by atoms with Crippen LogP contribution in [0.5, 0.6) is 0 Å². The molecule has 0 aliphatic carbocycles. The van der Waals surface area contributed by atoms with E-state index < -0.39 is 19.6 Å². The second-order valence-corrected chi connectivity index (χ2v) is 3.77. The van der Waals surface area contributed by atoms with Crippen LogP contribution in [-0.2, 0) is 18.6 Å². The number of carbonyl (C=O) groups excluding carboxylic acids is 1. The average Bonchev–Trinajstić information content (AvgIpc) is 1.80. The van der Waals surface area contributed by atoms with Crippen LogP contribution in [0.1, 0.15) is 13.8 Å². The number of hydrogen-bond donors (Lipinski definition) is 2. The van der Waals surface area contributed by atoms with Crippen molar-refractivity contribution in [3.8, 4) is 0 Å². The van der Waals surface area contributed by atoms with E-state index in [0.29, 0.717) is 0 Å². The van der Waals surface area contributed by atoms with Gasteiger partial charge in [0.2, 0.25) is 5.79 Å². The van der Waals surface area contributed by atoms with E-state index in [2.05, 4.69) is 15.8 Å². The van der Waals surface area contributed by atoms with Crippen molar-refractivity contribution < 1.29 is 28.4 Å². The zero-order chi connectivity index (χ0) is 10.7. The summed E-state index contributed by atoms with van der Waals surface area (Å²) in [6.45, 7) is 5.52. The third-order valence-electron chi connectivity index (χ3n) is 0.852. The molecule has 0 fully saturated rings. The Morgan fingerprint density at radius 3 is 2.31 bits per heavy atom. The summed E-state index contributed by atoms with van der Waals surface area (Å²) in [5, 5.41) is 0. The molecule has 0 amide bonds. The fourth-order valence-corrected chi connectivity index (χ4v) is 1.20. The molecular weight excluding hydrogens is 199 g/mol. The third-order valence-corrected chi connectivity index (χ3v) is 1.53. The van der Waals surface area contributed by atoms with Crippen molar-refractivity contribution in [1.29, 1.82) is 0 Å². The maximum atomic E-state index is 10.6. The molecule has 2 N–H and O–H groups in total. The van der Waals surface area contributed by atoms with Gasteiger partial charge in [-0.3, -0.25) is 0 Å². The molecule has 0 radical (unpaired) electrons. The Kier molecular flexibility index (Phi) is 3.81. The molecule has 0 aromatic carbocycles. The maximum Gasteiger partial charge on any atom is 0.472 e. The molecule has 6 nitrogen and oxygen atoms in total. The molecule has 0 spiro atoms. The summed E-state index contributed by atoms with van der Waals surface area (Å²) in [4.78, 5) is 27.5. The molecule has 76 valence electrons. The van der Waals surface area contributed by atoms with Crippen molar-refractivity contribution in [3.05, 3.63) is 12.7 Å². The smallest absolute Gasteiger partial charge is 0.430 e. The van der Waals surface area contributed by atoms with Crippen LogP contribution in [0.15, 0.2) is 12.7 Å². The van der Waals surface area contributed by atoms with Crippen LogP contribution < -0.4 is 0 Å². The van der Waals surface area contributed by atoms with Gasteiger partial charge >= 0.3 is 13.8 Å². The summed E-state index contributed by atoms with van der Waals surface area (Å²) in [7, 11) is -4.67. The number of phosphoric ester groups is 1. The van der Waals surface area contributed by atoms with E-state index in [1.807, 2.05) is 0 Å². The van der Waals surface area contributed by atoms with Gasteiger partial charge in [-0.15, -0.1) is 0 Å². The predicted octanol–water partition coefficient (Wildman–Crippen LogP) is 0.561. The van der Waals surface area contributed by atoms with Gasteiger partial charge in [-0.1, -0.05) is 6.58 Å². The molecular formula is C6H11O6P. The minimum Gasteiger partial charge on any atom is -0.430 e. The molecule has 0 aliphatic rings. The number of carbonyl (C=O) groups is 1. The molecule has 7 heteroatoms. The first-order valence-corrected chi connectivity index (χ1v) is 4.81. The van der Waals surface area contributed by atoms with E-state index in [1.165, 1.54) is 13.8 Å². The summed E-state index contributed by atoms with van der Waals surface area (Å²) in [6.07, 6.45) is 0.866. The number of hydrogen-bond acceptors (Lipinski definition) is 4. The van der Waals surface area contributed by atoms with Crippen molar-refractivity contribution in [2.45, 2.75) is 19.6 Å². The lowest BCUT2D eigenvalue weighted by molar-refractivity contribution is -0.183. The molecule has 0 saturated heterocycles. The van der Waals surface area contributed by atoms with E-state index >= 15 is 0 Å². The molecule has 0 rings (SSSR count). The minimum atomic E-state index is -4.67. The van der Waals surface area contributed by atoms with Crippen LogP contribution in [-0.4, -0.2) is 21.5 Å². The standard InChI is InChI=1S/C6H11O6P/c1-4-5(7)11-6(2,3)12-13(8,9)10/h4H,1H2,2-3H3,(H2,8,9,10). The van der Waals surface area contributed by atoms with Crippen LogP contribution in [0.3, 0.4) is 0 Å². The monoisotopic (exact) mass is 210 g/mol. The topological polar surface area (TPSA) is 93.1 Å². The summed E-state index contributed by atoms with van der Waals surface area (Å²) >= 11 is 0. The van der Waals surface area contributed by atoms with E-state index in [0.717, 1.165) is 6.08 Å². The Morgan fingerprint density at radius 2 is 2.00 bits per heavy atom. The molecule has 0 saturated carbocycles. The van der Waals surface area contributed by atoms with Crippen molar-refractivity contribution >= 4 is 13.8 Å². The Morgan fingerprint density at radius 1 is 1.54 bits per heavy atom. The van der Waals surface area contributed by atoms with Gasteiger partial charge in [-0.05, 0) is 0 Å². The zero-order valence-electron chi connectivity index (χ0n) is 7.26. The number of ether oxygens (including phenoxy) is 1. The van der Waals surface area contributed by atoms with Gasteiger partial charge in [0.25, 0.3) is 0 Å². The van der Waals surface area contributed by atoms with Gasteiger partial charge < -0.3 is 14.5 Å². The largest absolute Gasteiger partial charge is 0.472 e. The molecule has 0 unspecified atom stereocenters. The number of phosphoric acid groups is 1. The summed E-state index contributed by atoms with van der Waals surface area (Å²) in [6, 6.07) is 0. The molecule has 0 bridgehead atoms. The highest BCUT2D eigenvalue weighted by molar-refractivity contribution is 7.46. The Bertz CT molecular complexity index is 252. The molecule has 0 aromatic heterocycles. The van der Waals surface area contributed by atoms with E-state index in [-0.39, 0.29) is 0 Å². The first kappa shape index (κ1) is 12.3. The average molecular weight is 210 g/mol. The van der Waals surface area contributed by atoms with Crippen molar-refractivity contribution in [2.75, 3.05) is 0 Å². The lowest BCUT2D eigenvalue weighted by Crippen LogP contribution is -2.29. The number of esters is 1. The summed E-state index contributed by atoms with van der Waals surface area (Å²) < 4.78 is 19.0. The minimum absolute atomic E-state index is 0.821. The fraction of sp³-hybridized carbons (Fsp3) is 0.500. The Hall–Kier alpha value is -0.680. The van der Waals surface area contributed by atoms with Gasteiger partial charge in [0.15, 0.2) is 0 Å². The lowest BCUT2D eigenvalue weighted by Gasteiger charge is -2.24. The summed E-state index contributed by atoms with van der Waals surface area (Å²) in [5.74, 6) is -2.50. The third kappa shape index (κ3) is 6.48. The second kappa shape index (κ2) is 4.02. The van der Waals surface area contributed by atoms with E-state index in [4.69, 9.17) is 9.79 Å². The molecule has 13 heavy (non-hydrogen) atoms. The molecule has 0 aliphatic heterocycles. The highest BCUT2D eigenvalue weighted by Gasteiger charge is 2.31. The SMILES string of the molecule is C=CC(=O)OC(C)(C)OP(=O)(O)O. The van der Waals surface area contributed by atoms with Crippen LogP contribution in [0.25, 0.3) is 0 Å². The highest BCUT2D eigenvalue weighted by atomic mass is 31.2. The van der Waals surface area contributed by atoms with Gasteiger partial charge in [0.05, 0.1) is 0 Å². The van der Waals surface area contributed by atoms with Crippen molar-refractivity contribution in [2.24, 2.45) is 0 Å². The predicted molar refractivity (Wildman–Crippen MR) is 43.5 cm³/mol. The fourth-order valence-electron chi connectivity index (χ4n) is 0.589. The highest BCUT2D eigenvalue weighted by Crippen LogP contribution is 2.41. The van der Waals surface area contributed by atoms with Gasteiger partial charge in [-0.25, -0.2) is 13.9 Å². The van der Waals surface area contributed by atoms with Gasteiger partial charge in [-0.2, -0.15) is 0 Å². The first-order valence-electron chi connectivity index (χ1n) is 3.28. The zero-order valence-corrected chi connectivity index (χ0v) is 8.15. The van der Waals surface area contributed by atoms with Crippen molar-refractivity contribution in [3.63, 3.8) is 0 Å². The normalized spacial score (nSPS) is 12.3. The summed E-state index contributed by atoms with van der Waals surface area (Å²) in [5.41, 5.74) is 0. The molecule has 0 heterocycles. The van der Waals surface area contributed by atoms with Crippen LogP contribution in [0, 0.1) is 0 Å². The Balaban J connectivity index is 4.32. The number of rotatable bonds is 4. The van der Waals surface area contributed by atoms with Crippen LogP contribution in [0.2, 0.25) is 0 Å². The van der Waals surface area contributed by atoms with Gasteiger partial charge in [0, 0.05) is 19.9 Å². The second-order valence-electron chi connectivity index (χ2n) is 2.61. The molecule has 0 atom stereocenters. The maximum absolute atomic E-state index is 10.6. The van der Waals surface area contributed by atoms with Crippen LogP contribution in [0.4, 0.5) is 0 Å². The van der Waals surface area contributed by atoms with E-state index in [1.54, 1.807) is 0 Å². The lowest BCUT2D eigenvalue weighted by atomic mass is 10.4. The van der Waals surface area contributed by atoms with Crippen molar-refractivity contribution in [1.82, 2.24) is 0 Å². The van der Waals surface area contributed by atoms with Gasteiger partial charge in [0.1, 0.15) is 0 Å². The molecule has 0 aromatic rings. The first-order chi connectivity index (χ1) is 5.66. The van der Waals surface area contributed by atoms with E-state index in [9.17, 15) is 9.36 Å². The Labute approximate surface area is 75.4 Å².